The third kappa shape index (κ3) is 3.49. The second-order valence-electron chi connectivity index (χ2n) is 4.73. The number of aliphatic hydroxyl groups is 2. The zero-order valence-electron chi connectivity index (χ0n) is 11.3. The molecule has 0 radical (unpaired) electrons. The summed E-state index contributed by atoms with van der Waals surface area (Å²) >= 11 is 1.07. The Bertz CT molecular complexity index is 601. The summed E-state index contributed by atoms with van der Waals surface area (Å²) in [5, 5.41) is 22.3. The molecule has 0 spiro atoms. The molecule has 0 fully saturated rings. The highest BCUT2D eigenvalue weighted by Crippen LogP contribution is 2.28. The molecule has 2 unspecified atom stereocenters. The van der Waals surface area contributed by atoms with Crippen molar-refractivity contribution in [3.63, 3.8) is 0 Å². The normalized spacial score (nSPS) is 16.3. The van der Waals surface area contributed by atoms with Gasteiger partial charge < -0.3 is 15.5 Å². The van der Waals surface area contributed by atoms with Crippen LogP contribution in [0.2, 0.25) is 0 Å². The molecule has 1 amide bonds. The van der Waals surface area contributed by atoms with E-state index in [1.54, 1.807) is 6.07 Å². The Hall–Kier alpha value is -1.70. The van der Waals surface area contributed by atoms with E-state index >= 15 is 0 Å². The van der Waals surface area contributed by atoms with Crippen LogP contribution in [0.25, 0.3) is 0 Å². The van der Waals surface area contributed by atoms with Gasteiger partial charge >= 0.3 is 0 Å². The fourth-order valence-electron chi connectivity index (χ4n) is 2.05. The number of carbonyl (C=O) groups excluding carboxylic acids is 3. The summed E-state index contributed by atoms with van der Waals surface area (Å²) < 4.78 is 0. The number of rotatable bonds is 5. The minimum atomic E-state index is -1.17. The zero-order valence-corrected chi connectivity index (χ0v) is 12.1. The molecule has 1 aliphatic heterocycles. The number of hydrogen-bond acceptors (Lipinski definition) is 6. The van der Waals surface area contributed by atoms with E-state index in [1.807, 2.05) is 0 Å². The van der Waals surface area contributed by atoms with Crippen LogP contribution in [0.5, 0.6) is 0 Å². The number of nitrogens with one attached hydrogen (secondary N) is 1. The highest BCUT2D eigenvalue weighted by molar-refractivity contribution is 8.13. The predicted octanol–water partition coefficient (Wildman–Crippen LogP) is 0.885. The zero-order chi connectivity index (χ0) is 15.6. The van der Waals surface area contributed by atoms with Crippen LogP contribution in [0.4, 0.5) is 5.69 Å². The first kappa shape index (κ1) is 15.7. The van der Waals surface area contributed by atoms with Crippen LogP contribution < -0.4 is 5.32 Å². The minimum absolute atomic E-state index is 0.0515. The van der Waals surface area contributed by atoms with Gasteiger partial charge in [0.05, 0.1) is 17.4 Å². The van der Waals surface area contributed by atoms with Gasteiger partial charge in [-0.1, -0.05) is 17.8 Å². The van der Waals surface area contributed by atoms with Crippen LogP contribution in [-0.2, 0) is 9.59 Å². The molecule has 1 heterocycles. The predicted molar refractivity (Wildman–Crippen MR) is 78.1 cm³/mol. The number of ketones is 1. The average Bonchev–Trinajstić information content (AvgIpc) is 2.72. The number of amides is 1. The van der Waals surface area contributed by atoms with Gasteiger partial charge in [0, 0.05) is 12.7 Å². The van der Waals surface area contributed by atoms with Crippen LogP contribution in [0.1, 0.15) is 35.4 Å². The lowest BCUT2D eigenvalue weighted by Crippen LogP contribution is -2.19. The molecule has 112 valence electrons. The number of fused-ring (bicyclic) bond motifs is 1. The quantitative estimate of drug-likeness (QED) is 0.698. The maximum Gasteiger partial charge on any atom is 0.296 e. The number of aliphatic hydroxyl groups excluding tert-OH is 2. The van der Waals surface area contributed by atoms with Crippen molar-refractivity contribution < 1.29 is 24.6 Å². The van der Waals surface area contributed by atoms with E-state index in [0.717, 1.165) is 11.8 Å². The SMILES string of the molecule is CC(=O)SCCC(O)C(O)c1ccc2c(c1)C(=O)C(=O)N2. The van der Waals surface area contributed by atoms with Crippen molar-refractivity contribution in [1.82, 2.24) is 0 Å². The average molecular weight is 309 g/mol. The third-order valence-corrected chi connectivity index (χ3v) is 4.01. The maximum atomic E-state index is 11.6. The van der Waals surface area contributed by atoms with Crippen molar-refractivity contribution in [2.75, 3.05) is 11.1 Å². The van der Waals surface area contributed by atoms with Crippen LogP contribution in [0, 0.1) is 0 Å². The lowest BCUT2D eigenvalue weighted by Gasteiger charge is -2.18. The summed E-state index contributed by atoms with van der Waals surface area (Å²) in [5.41, 5.74) is 0.961. The molecule has 0 aromatic heterocycles. The van der Waals surface area contributed by atoms with E-state index in [4.69, 9.17) is 0 Å². The van der Waals surface area contributed by atoms with Crippen molar-refractivity contribution in [1.29, 1.82) is 0 Å². The number of carbonyl (C=O) groups is 3. The van der Waals surface area contributed by atoms with Gasteiger partial charge in [0.2, 0.25) is 0 Å². The molecular weight excluding hydrogens is 294 g/mol. The molecule has 1 aromatic carbocycles. The van der Waals surface area contributed by atoms with Crippen molar-refractivity contribution in [3.05, 3.63) is 29.3 Å². The Labute approximate surface area is 125 Å². The lowest BCUT2D eigenvalue weighted by atomic mass is 9.99. The Kier molecular flexibility index (Phi) is 4.76. The summed E-state index contributed by atoms with van der Waals surface area (Å²) in [6.07, 6.45) is -1.98. The standard InChI is InChI=1S/C14H15NO5S/c1-7(16)21-5-4-11(17)12(18)8-2-3-10-9(6-8)13(19)14(20)15-10/h2-3,6,11-12,17-18H,4-5H2,1H3,(H,15,19,20). The van der Waals surface area contributed by atoms with Gasteiger partial charge in [-0.2, -0.15) is 0 Å². The first-order chi connectivity index (χ1) is 9.90. The molecule has 2 atom stereocenters. The maximum absolute atomic E-state index is 11.6. The van der Waals surface area contributed by atoms with Gasteiger partial charge in [-0.15, -0.1) is 0 Å². The molecule has 1 aromatic rings. The lowest BCUT2D eigenvalue weighted by molar-refractivity contribution is -0.112. The van der Waals surface area contributed by atoms with Gasteiger partial charge in [-0.25, -0.2) is 0 Å². The van der Waals surface area contributed by atoms with Crippen molar-refractivity contribution in [3.8, 4) is 0 Å². The molecule has 6 nitrogen and oxygen atoms in total. The van der Waals surface area contributed by atoms with Crippen LogP contribution in [0.15, 0.2) is 18.2 Å². The molecule has 7 heteroatoms. The fraction of sp³-hybridized carbons (Fsp3) is 0.357. The van der Waals surface area contributed by atoms with E-state index in [1.165, 1.54) is 19.1 Å². The Morgan fingerprint density at radius 1 is 1.33 bits per heavy atom. The monoisotopic (exact) mass is 309 g/mol. The first-order valence-corrected chi connectivity index (χ1v) is 7.38. The van der Waals surface area contributed by atoms with Crippen LogP contribution in [0.3, 0.4) is 0 Å². The van der Waals surface area contributed by atoms with E-state index in [2.05, 4.69) is 5.32 Å². The summed E-state index contributed by atoms with van der Waals surface area (Å²) in [5.74, 6) is -0.951. The summed E-state index contributed by atoms with van der Waals surface area (Å²) in [4.78, 5) is 33.6. The second kappa shape index (κ2) is 6.38. The number of hydrogen-bond donors (Lipinski definition) is 3. The first-order valence-electron chi connectivity index (χ1n) is 6.39. The van der Waals surface area contributed by atoms with Crippen molar-refractivity contribution >= 4 is 34.3 Å². The summed E-state index contributed by atoms with van der Waals surface area (Å²) in [6, 6.07) is 4.47. The van der Waals surface area contributed by atoms with Crippen molar-refractivity contribution in [2.24, 2.45) is 0 Å². The molecule has 0 aliphatic carbocycles. The van der Waals surface area contributed by atoms with Crippen LogP contribution in [-0.4, -0.2) is 38.9 Å². The van der Waals surface area contributed by atoms with E-state index < -0.39 is 23.9 Å². The summed E-state index contributed by atoms with van der Waals surface area (Å²) in [7, 11) is 0. The van der Waals surface area contributed by atoms with Crippen LogP contribution >= 0.6 is 11.8 Å². The van der Waals surface area contributed by atoms with Gasteiger partial charge in [-0.3, -0.25) is 14.4 Å². The van der Waals surface area contributed by atoms with Gasteiger partial charge in [0.1, 0.15) is 6.10 Å². The third-order valence-electron chi connectivity index (χ3n) is 3.17. The molecule has 3 N–H and O–H groups in total. The van der Waals surface area contributed by atoms with Crippen molar-refractivity contribution in [2.45, 2.75) is 25.6 Å². The minimum Gasteiger partial charge on any atom is -0.390 e. The number of anilines is 1. The van der Waals surface area contributed by atoms with E-state index in [9.17, 15) is 24.6 Å². The number of Topliss-reactive ketones (excluding diaryl/α,β-unsaturated/α-hetero) is 1. The topological polar surface area (TPSA) is 104 Å². The number of thioether (sulfide) groups is 1. The highest BCUT2D eigenvalue weighted by Gasteiger charge is 2.29. The smallest absolute Gasteiger partial charge is 0.296 e. The molecule has 0 saturated carbocycles. The molecule has 0 saturated heterocycles. The van der Waals surface area contributed by atoms with E-state index in [0.29, 0.717) is 17.0 Å². The Morgan fingerprint density at radius 3 is 2.71 bits per heavy atom. The second-order valence-corrected chi connectivity index (χ2v) is 6.00. The van der Waals surface area contributed by atoms with Gasteiger partial charge in [0.15, 0.2) is 5.12 Å². The van der Waals surface area contributed by atoms with Gasteiger partial charge in [-0.05, 0) is 24.1 Å². The largest absolute Gasteiger partial charge is 0.390 e. The molecular formula is C14H15NO5S. The Balaban J connectivity index is 2.06. The highest BCUT2D eigenvalue weighted by atomic mass is 32.2. The number of benzene rings is 1. The van der Waals surface area contributed by atoms with Gasteiger partial charge in [0.25, 0.3) is 11.7 Å². The molecule has 21 heavy (non-hydrogen) atoms. The fourth-order valence-corrected chi connectivity index (χ4v) is 2.69. The molecule has 1 aliphatic rings. The molecule has 2 rings (SSSR count). The van der Waals surface area contributed by atoms with E-state index in [-0.39, 0.29) is 17.1 Å². The Morgan fingerprint density at radius 2 is 2.05 bits per heavy atom. The molecule has 0 bridgehead atoms. The summed E-state index contributed by atoms with van der Waals surface area (Å²) in [6.45, 7) is 1.43.